The Labute approximate surface area is 101 Å². The number of alkyl halides is 2. The van der Waals surface area contributed by atoms with Crippen molar-refractivity contribution in [1.29, 1.82) is 0 Å². The summed E-state index contributed by atoms with van der Waals surface area (Å²) in [4.78, 5) is 21.6. The van der Waals surface area contributed by atoms with Crippen molar-refractivity contribution in [3.8, 4) is 0 Å². The average Bonchev–Trinajstić information content (AvgIpc) is 2.26. The van der Waals surface area contributed by atoms with E-state index in [4.69, 9.17) is 23.2 Å². The maximum Gasteiger partial charge on any atom is 0.147 e. The van der Waals surface area contributed by atoms with E-state index in [0.29, 0.717) is 12.8 Å². The third-order valence-electron chi connectivity index (χ3n) is 1.92. The number of halogens is 2. The van der Waals surface area contributed by atoms with Crippen LogP contribution in [0.5, 0.6) is 0 Å². The summed E-state index contributed by atoms with van der Waals surface area (Å²) in [5, 5.41) is 3.15. The van der Waals surface area contributed by atoms with E-state index in [0.717, 1.165) is 25.9 Å². The molecule has 3 nitrogen and oxygen atoms in total. The van der Waals surface area contributed by atoms with E-state index in [-0.39, 0.29) is 23.3 Å². The largest absolute Gasteiger partial charge is 0.317 e. The summed E-state index contributed by atoms with van der Waals surface area (Å²) in [5.41, 5.74) is 0. The number of ketones is 2. The highest BCUT2D eigenvalue weighted by molar-refractivity contribution is 6.27. The van der Waals surface area contributed by atoms with Gasteiger partial charge in [0.25, 0.3) is 0 Å². The summed E-state index contributed by atoms with van der Waals surface area (Å²) < 4.78 is 0. The monoisotopic (exact) mass is 253 g/mol. The molecular weight excluding hydrogens is 237 g/mol. The number of carbonyl (C=O) groups excluding carboxylic acids is 2. The predicted molar refractivity (Wildman–Crippen MR) is 62.8 cm³/mol. The van der Waals surface area contributed by atoms with Gasteiger partial charge in [-0.2, -0.15) is 0 Å². The minimum atomic E-state index is 0.0794. The first kappa shape index (κ1) is 14.9. The minimum absolute atomic E-state index is 0.0794. The zero-order chi connectivity index (χ0) is 11.5. The van der Waals surface area contributed by atoms with Crippen LogP contribution >= 0.6 is 23.2 Å². The van der Waals surface area contributed by atoms with Crippen LogP contribution in [0.25, 0.3) is 0 Å². The molecule has 0 unspecified atom stereocenters. The van der Waals surface area contributed by atoms with Crippen LogP contribution in [0.4, 0.5) is 0 Å². The Balaban J connectivity index is 3.11. The second kappa shape index (κ2) is 10.4. The zero-order valence-corrected chi connectivity index (χ0v) is 10.2. The number of hydrogen-bond donors (Lipinski definition) is 1. The molecule has 0 fully saturated rings. The fourth-order valence-electron chi connectivity index (χ4n) is 1.08. The maximum atomic E-state index is 10.8. The molecule has 0 spiro atoms. The topological polar surface area (TPSA) is 46.2 Å². The molecule has 0 saturated heterocycles. The van der Waals surface area contributed by atoms with Gasteiger partial charge in [0.2, 0.25) is 0 Å². The van der Waals surface area contributed by atoms with Crippen molar-refractivity contribution in [3.05, 3.63) is 0 Å². The van der Waals surface area contributed by atoms with E-state index in [1.54, 1.807) is 0 Å². The quantitative estimate of drug-likeness (QED) is 0.477. The highest BCUT2D eigenvalue weighted by Crippen LogP contribution is 1.94. The maximum absolute atomic E-state index is 10.8. The Hall–Kier alpha value is -0.120. The van der Waals surface area contributed by atoms with E-state index in [1.165, 1.54) is 0 Å². The molecular formula is C10H17Cl2NO2. The van der Waals surface area contributed by atoms with Crippen molar-refractivity contribution in [2.24, 2.45) is 0 Å². The van der Waals surface area contributed by atoms with E-state index < -0.39 is 0 Å². The van der Waals surface area contributed by atoms with Gasteiger partial charge in [-0.05, 0) is 25.9 Å². The van der Waals surface area contributed by atoms with Crippen molar-refractivity contribution in [2.75, 3.05) is 24.8 Å². The smallest absolute Gasteiger partial charge is 0.147 e. The first-order valence-electron chi connectivity index (χ1n) is 5.06. The highest BCUT2D eigenvalue weighted by atomic mass is 35.5. The van der Waals surface area contributed by atoms with Crippen LogP contribution in [0.2, 0.25) is 0 Å². The summed E-state index contributed by atoms with van der Waals surface area (Å²) in [5.74, 6) is 0.362. The lowest BCUT2D eigenvalue weighted by molar-refractivity contribution is -0.117. The van der Waals surface area contributed by atoms with Gasteiger partial charge in [-0.25, -0.2) is 0 Å². The third-order valence-corrected chi connectivity index (χ3v) is 2.51. The van der Waals surface area contributed by atoms with Gasteiger partial charge in [0, 0.05) is 12.8 Å². The number of Topliss-reactive ketones (excluding diaryl/α,β-unsaturated/α-hetero) is 2. The van der Waals surface area contributed by atoms with Crippen molar-refractivity contribution in [2.45, 2.75) is 25.7 Å². The normalized spacial score (nSPS) is 10.3. The van der Waals surface area contributed by atoms with E-state index in [1.807, 2.05) is 0 Å². The first-order chi connectivity index (χ1) is 7.20. The summed E-state index contributed by atoms with van der Waals surface area (Å²) in [6.45, 7) is 1.58. The fraction of sp³-hybridized carbons (Fsp3) is 0.800. The molecule has 0 rings (SSSR count). The molecule has 5 heteroatoms. The van der Waals surface area contributed by atoms with Gasteiger partial charge in [-0.15, -0.1) is 23.2 Å². The summed E-state index contributed by atoms with van der Waals surface area (Å²) in [7, 11) is 0. The lowest BCUT2D eigenvalue weighted by Crippen LogP contribution is -2.18. The number of rotatable bonds is 10. The van der Waals surface area contributed by atoms with Crippen molar-refractivity contribution in [3.63, 3.8) is 0 Å². The lowest BCUT2D eigenvalue weighted by atomic mass is 10.2. The van der Waals surface area contributed by atoms with Crippen LogP contribution < -0.4 is 5.32 Å². The highest BCUT2D eigenvalue weighted by Gasteiger charge is 2.00. The molecule has 0 aromatic heterocycles. The molecule has 0 radical (unpaired) electrons. The van der Waals surface area contributed by atoms with Crippen LogP contribution in [0, 0.1) is 0 Å². The first-order valence-corrected chi connectivity index (χ1v) is 6.13. The molecule has 0 aromatic rings. The SMILES string of the molecule is O=C(CCl)CCCNCCCC(=O)CCl. The Morgan fingerprint density at radius 1 is 0.867 bits per heavy atom. The fourth-order valence-corrected chi connectivity index (χ4v) is 1.35. The Bertz CT molecular complexity index is 178. The summed E-state index contributed by atoms with van der Waals surface area (Å²) in [6.07, 6.45) is 2.65. The molecule has 0 aliphatic rings. The van der Waals surface area contributed by atoms with Gasteiger partial charge in [-0.1, -0.05) is 0 Å². The predicted octanol–water partition coefficient (Wildman–Crippen LogP) is 1.75. The minimum Gasteiger partial charge on any atom is -0.317 e. The average molecular weight is 254 g/mol. The van der Waals surface area contributed by atoms with Crippen molar-refractivity contribution in [1.82, 2.24) is 5.32 Å². The van der Waals surface area contributed by atoms with Gasteiger partial charge in [0.05, 0.1) is 11.8 Å². The zero-order valence-electron chi connectivity index (χ0n) is 8.73. The Morgan fingerprint density at radius 3 is 1.60 bits per heavy atom. The number of hydrogen-bond acceptors (Lipinski definition) is 3. The molecule has 0 saturated carbocycles. The molecule has 0 amide bonds. The summed E-state index contributed by atoms with van der Waals surface area (Å²) in [6, 6.07) is 0. The van der Waals surface area contributed by atoms with Gasteiger partial charge in [0.15, 0.2) is 0 Å². The van der Waals surface area contributed by atoms with Crippen LogP contribution in [0.3, 0.4) is 0 Å². The van der Waals surface area contributed by atoms with Crippen LogP contribution in [0.15, 0.2) is 0 Å². The molecule has 0 bridgehead atoms. The third kappa shape index (κ3) is 10.2. The Morgan fingerprint density at radius 2 is 1.27 bits per heavy atom. The van der Waals surface area contributed by atoms with Crippen molar-refractivity contribution >= 4 is 34.8 Å². The van der Waals surface area contributed by atoms with Gasteiger partial charge < -0.3 is 5.32 Å². The van der Waals surface area contributed by atoms with Crippen LogP contribution in [0.1, 0.15) is 25.7 Å². The van der Waals surface area contributed by atoms with E-state index in [9.17, 15) is 9.59 Å². The molecule has 0 aliphatic heterocycles. The van der Waals surface area contributed by atoms with Crippen LogP contribution in [-0.2, 0) is 9.59 Å². The van der Waals surface area contributed by atoms with E-state index in [2.05, 4.69) is 5.32 Å². The molecule has 0 heterocycles. The Kier molecular flexibility index (Phi) is 10.3. The second-order valence-electron chi connectivity index (χ2n) is 3.30. The second-order valence-corrected chi connectivity index (χ2v) is 3.84. The standard InChI is InChI=1S/C10H17Cl2NO2/c11-7-9(14)3-1-5-13-6-2-4-10(15)8-12/h13H,1-8H2. The van der Waals surface area contributed by atoms with Crippen LogP contribution in [-0.4, -0.2) is 36.4 Å². The van der Waals surface area contributed by atoms with E-state index >= 15 is 0 Å². The summed E-state index contributed by atoms with van der Waals surface area (Å²) >= 11 is 10.7. The molecule has 1 N–H and O–H groups in total. The lowest BCUT2D eigenvalue weighted by Gasteiger charge is -2.02. The molecule has 0 aliphatic carbocycles. The number of carbonyl (C=O) groups is 2. The molecule has 0 aromatic carbocycles. The van der Waals surface area contributed by atoms with Gasteiger partial charge in [-0.3, -0.25) is 9.59 Å². The molecule has 15 heavy (non-hydrogen) atoms. The molecule has 0 atom stereocenters. The van der Waals surface area contributed by atoms with Crippen molar-refractivity contribution < 1.29 is 9.59 Å². The number of nitrogens with one attached hydrogen (secondary N) is 1. The van der Waals surface area contributed by atoms with Gasteiger partial charge >= 0.3 is 0 Å². The van der Waals surface area contributed by atoms with Gasteiger partial charge in [0.1, 0.15) is 11.6 Å². The molecule has 88 valence electrons.